The molecule has 2 aliphatic rings. The highest BCUT2D eigenvalue weighted by molar-refractivity contribution is 5.25. The van der Waals surface area contributed by atoms with E-state index in [-0.39, 0.29) is 0 Å². The Morgan fingerprint density at radius 3 is 3.06 bits per heavy atom. The maximum atomic E-state index is 4.58. The molecule has 1 aromatic rings. The first kappa shape index (κ1) is 12.1. The van der Waals surface area contributed by atoms with E-state index in [0.29, 0.717) is 6.04 Å². The Kier molecular flexibility index (Phi) is 3.91. The first-order chi connectivity index (χ1) is 8.93. The molecule has 0 amide bonds. The molecule has 1 fully saturated rings. The lowest BCUT2D eigenvalue weighted by Gasteiger charge is -2.26. The second-order valence-electron chi connectivity index (χ2n) is 5.50. The van der Waals surface area contributed by atoms with Gasteiger partial charge in [0.1, 0.15) is 0 Å². The van der Waals surface area contributed by atoms with E-state index in [1.807, 2.05) is 6.20 Å². The summed E-state index contributed by atoms with van der Waals surface area (Å²) in [5, 5.41) is 3.70. The number of likely N-dealkylation sites (tertiary alicyclic amines) is 1. The fraction of sp³-hybridized carbons (Fsp3) is 0.667. The number of aromatic nitrogens is 1. The monoisotopic (exact) mass is 245 g/mol. The van der Waals surface area contributed by atoms with Gasteiger partial charge in [0.15, 0.2) is 0 Å². The molecule has 3 rings (SSSR count). The second-order valence-corrected chi connectivity index (χ2v) is 5.50. The van der Waals surface area contributed by atoms with Crippen molar-refractivity contribution in [1.29, 1.82) is 0 Å². The van der Waals surface area contributed by atoms with E-state index >= 15 is 0 Å². The van der Waals surface area contributed by atoms with Gasteiger partial charge in [0, 0.05) is 25.3 Å². The average Bonchev–Trinajstić information content (AvgIpc) is 2.92. The number of hydrogen-bond donors (Lipinski definition) is 1. The van der Waals surface area contributed by atoms with Crippen LogP contribution in [0, 0.1) is 0 Å². The zero-order valence-corrected chi connectivity index (χ0v) is 11.1. The molecule has 0 radical (unpaired) electrons. The fourth-order valence-corrected chi connectivity index (χ4v) is 3.21. The van der Waals surface area contributed by atoms with Gasteiger partial charge in [0.05, 0.1) is 5.69 Å². The molecule has 18 heavy (non-hydrogen) atoms. The number of fused-ring (bicyclic) bond motifs is 1. The van der Waals surface area contributed by atoms with Crippen molar-refractivity contribution in [3.63, 3.8) is 0 Å². The average molecular weight is 245 g/mol. The van der Waals surface area contributed by atoms with Gasteiger partial charge < -0.3 is 10.2 Å². The van der Waals surface area contributed by atoms with E-state index in [1.165, 1.54) is 63.0 Å². The first-order valence-corrected chi connectivity index (χ1v) is 7.33. The molecule has 1 unspecified atom stereocenters. The lowest BCUT2D eigenvalue weighted by atomic mass is 9.92. The summed E-state index contributed by atoms with van der Waals surface area (Å²) in [6.07, 6.45) is 8.43. The highest BCUT2D eigenvalue weighted by atomic mass is 15.2. The number of aryl methyl sites for hydroxylation is 1. The van der Waals surface area contributed by atoms with Gasteiger partial charge in [-0.05, 0) is 56.8 Å². The van der Waals surface area contributed by atoms with Gasteiger partial charge in [-0.3, -0.25) is 4.98 Å². The minimum atomic E-state index is 0.484. The van der Waals surface area contributed by atoms with Crippen molar-refractivity contribution in [3.05, 3.63) is 29.6 Å². The van der Waals surface area contributed by atoms with Crippen LogP contribution < -0.4 is 5.32 Å². The molecule has 0 bridgehead atoms. The van der Waals surface area contributed by atoms with Crippen molar-refractivity contribution >= 4 is 0 Å². The van der Waals surface area contributed by atoms with Crippen LogP contribution in [0.25, 0.3) is 0 Å². The predicted octanol–water partition coefficient (Wildman–Crippen LogP) is 2.14. The Morgan fingerprint density at radius 1 is 1.28 bits per heavy atom. The molecule has 0 aromatic carbocycles. The van der Waals surface area contributed by atoms with Crippen LogP contribution in [0.4, 0.5) is 0 Å². The maximum absolute atomic E-state index is 4.58. The van der Waals surface area contributed by atoms with Crippen molar-refractivity contribution in [1.82, 2.24) is 15.2 Å². The summed E-state index contributed by atoms with van der Waals surface area (Å²) < 4.78 is 0. The summed E-state index contributed by atoms with van der Waals surface area (Å²) in [6.45, 7) is 4.88. The molecule has 98 valence electrons. The topological polar surface area (TPSA) is 28.2 Å². The van der Waals surface area contributed by atoms with Gasteiger partial charge >= 0.3 is 0 Å². The molecular formula is C15H23N3. The number of nitrogens with one attached hydrogen (secondary N) is 1. The molecule has 1 atom stereocenters. The highest BCUT2D eigenvalue weighted by Gasteiger charge is 2.20. The van der Waals surface area contributed by atoms with E-state index in [2.05, 4.69) is 27.3 Å². The molecular weight excluding hydrogens is 222 g/mol. The van der Waals surface area contributed by atoms with Crippen molar-refractivity contribution in [2.24, 2.45) is 0 Å². The van der Waals surface area contributed by atoms with Crippen LogP contribution in [-0.4, -0.2) is 36.1 Å². The highest BCUT2D eigenvalue weighted by Crippen LogP contribution is 2.27. The van der Waals surface area contributed by atoms with Crippen LogP contribution in [-0.2, 0) is 6.42 Å². The smallest absolute Gasteiger partial charge is 0.0605 e. The standard InChI is InChI=1S/C15H23N3/c1-2-11-18(10-1)12-9-16-14-7-3-5-13-6-4-8-17-15(13)14/h4,6,8,14,16H,1-3,5,7,9-12H2. The zero-order chi connectivity index (χ0) is 12.2. The van der Waals surface area contributed by atoms with E-state index in [4.69, 9.17) is 0 Å². The fourth-order valence-electron chi connectivity index (χ4n) is 3.21. The molecule has 2 heterocycles. The molecule has 1 N–H and O–H groups in total. The van der Waals surface area contributed by atoms with Crippen molar-refractivity contribution < 1.29 is 0 Å². The molecule has 3 nitrogen and oxygen atoms in total. The van der Waals surface area contributed by atoms with Crippen LogP contribution >= 0.6 is 0 Å². The quantitative estimate of drug-likeness (QED) is 0.881. The van der Waals surface area contributed by atoms with Crippen LogP contribution in [0.5, 0.6) is 0 Å². The SMILES string of the molecule is c1cnc2c(c1)CCCC2NCCN1CCCC1. The number of pyridine rings is 1. The second kappa shape index (κ2) is 5.81. The van der Waals surface area contributed by atoms with Crippen molar-refractivity contribution in [3.8, 4) is 0 Å². The minimum Gasteiger partial charge on any atom is -0.307 e. The van der Waals surface area contributed by atoms with Gasteiger partial charge in [-0.1, -0.05) is 6.07 Å². The Morgan fingerprint density at radius 2 is 2.17 bits per heavy atom. The van der Waals surface area contributed by atoms with Gasteiger partial charge in [0.2, 0.25) is 0 Å². The molecule has 1 aromatic heterocycles. The third kappa shape index (κ3) is 2.73. The largest absolute Gasteiger partial charge is 0.307 e. The molecule has 0 spiro atoms. The van der Waals surface area contributed by atoms with Crippen LogP contribution in [0.2, 0.25) is 0 Å². The summed E-state index contributed by atoms with van der Waals surface area (Å²) >= 11 is 0. The van der Waals surface area contributed by atoms with Crippen molar-refractivity contribution in [2.75, 3.05) is 26.2 Å². The van der Waals surface area contributed by atoms with E-state index in [9.17, 15) is 0 Å². The Bertz CT molecular complexity index is 385. The van der Waals surface area contributed by atoms with Crippen LogP contribution in [0.3, 0.4) is 0 Å². The third-order valence-electron chi connectivity index (χ3n) is 4.21. The Hall–Kier alpha value is -0.930. The third-order valence-corrected chi connectivity index (χ3v) is 4.21. The van der Waals surface area contributed by atoms with Crippen molar-refractivity contribution in [2.45, 2.75) is 38.1 Å². The molecule has 1 aliphatic heterocycles. The molecule has 0 saturated carbocycles. The zero-order valence-electron chi connectivity index (χ0n) is 11.1. The predicted molar refractivity (Wildman–Crippen MR) is 73.6 cm³/mol. The molecule has 3 heteroatoms. The number of hydrogen-bond acceptors (Lipinski definition) is 3. The van der Waals surface area contributed by atoms with Gasteiger partial charge in [-0.15, -0.1) is 0 Å². The Labute approximate surface area is 110 Å². The summed E-state index contributed by atoms with van der Waals surface area (Å²) in [7, 11) is 0. The number of rotatable bonds is 4. The first-order valence-electron chi connectivity index (χ1n) is 7.33. The lowest BCUT2D eigenvalue weighted by Crippen LogP contribution is -2.34. The van der Waals surface area contributed by atoms with E-state index in [0.717, 1.165) is 6.54 Å². The molecule has 1 aliphatic carbocycles. The van der Waals surface area contributed by atoms with E-state index in [1.54, 1.807) is 0 Å². The number of nitrogens with zero attached hydrogens (tertiary/aromatic N) is 2. The summed E-state index contributed by atoms with van der Waals surface area (Å²) in [6, 6.07) is 4.78. The van der Waals surface area contributed by atoms with Gasteiger partial charge in [-0.25, -0.2) is 0 Å². The molecule has 1 saturated heterocycles. The van der Waals surface area contributed by atoms with Gasteiger partial charge in [0.25, 0.3) is 0 Å². The minimum absolute atomic E-state index is 0.484. The Balaban J connectivity index is 1.54. The van der Waals surface area contributed by atoms with Crippen LogP contribution in [0.1, 0.15) is 43.0 Å². The summed E-state index contributed by atoms with van der Waals surface area (Å²) in [5.41, 5.74) is 2.74. The normalized spacial score (nSPS) is 24.1. The van der Waals surface area contributed by atoms with Crippen LogP contribution in [0.15, 0.2) is 18.3 Å². The lowest BCUT2D eigenvalue weighted by molar-refractivity contribution is 0.321. The summed E-state index contributed by atoms with van der Waals surface area (Å²) in [5.74, 6) is 0. The maximum Gasteiger partial charge on any atom is 0.0605 e. The summed E-state index contributed by atoms with van der Waals surface area (Å²) in [4.78, 5) is 7.14. The van der Waals surface area contributed by atoms with Gasteiger partial charge in [-0.2, -0.15) is 0 Å². The van der Waals surface area contributed by atoms with E-state index < -0.39 is 0 Å².